The average Bonchev–Trinajstić information content (AvgIpc) is 2.51. The lowest BCUT2D eigenvalue weighted by molar-refractivity contribution is 0.0511. The van der Waals surface area contributed by atoms with E-state index in [1.807, 2.05) is 58.9 Å². The molecule has 1 aromatic carbocycles. The number of ether oxygens (including phenoxy) is 1. The minimum Gasteiger partial charge on any atom is -0.444 e. The number of anilines is 1. The van der Waals surface area contributed by atoms with E-state index in [9.17, 15) is 4.79 Å². The fourth-order valence-corrected chi connectivity index (χ4v) is 2.49. The van der Waals surface area contributed by atoms with Crippen molar-refractivity contribution < 1.29 is 9.53 Å². The Hall–Kier alpha value is -2.34. The highest BCUT2D eigenvalue weighted by Gasteiger charge is 2.17. The van der Waals surface area contributed by atoms with Crippen LogP contribution in [0.3, 0.4) is 0 Å². The van der Waals surface area contributed by atoms with E-state index in [0.29, 0.717) is 6.54 Å². The maximum Gasteiger partial charge on any atom is 0.407 e. The molecule has 26 heavy (non-hydrogen) atoms. The lowest BCUT2D eigenvalue weighted by Crippen LogP contribution is -2.40. The second-order valence-electron chi connectivity index (χ2n) is 7.17. The molecule has 0 aliphatic carbocycles. The van der Waals surface area contributed by atoms with E-state index in [4.69, 9.17) is 16.3 Å². The Balaban J connectivity index is 1.95. The Morgan fingerprint density at radius 3 is 2.65 bits per heavy atom. The molecule has 140 valence electrons. The van der Waals surface area contributed by atoms with Crippen molar-refractivity contribution in [1.29, 1.82) is 0 Å². The van der Waals surface area contributed by atoms with Gasteiger partial charge in [0, 0.05) is 30.0 Å². The maximum absolute atomic E-state index is 11.8. The number of nitrogens with zero attached hydrogens (tertiary/aromatic N) is 2. The van der Waals surface area contributed by atoms with Crippen molar-refractivity contribution in [3.63, 3.8) is 0 Å². The van der Waals surface area contributed by atoms with E-state index in [1.165, 1.54) is 0 Å². The monoisotopic (exact) mass is 376 g/mol. The minimum atomic E-state index is -0.506. The second kappa shape index (κ2) is 8.36. The summed E-state index contributed by atoms with van der Waals surface area (Å²) in [5, 5.41) is 6.38. The van der Waals surface area contributed by atoms with Gasteiger partial charge in [-0.1, -0.05) is 6.07 Å². The Labute approximate surface area is 159 Å². The van der Waals surface area contributed by atoms with Gasteiger partial charge < -0.3 is 15.4 Å². The molecule has 2 N–H and O–H groups in total. The number of benzene rings is 1. The molecule has 0 saturated heterocycles. The van der Waals surface area contributed by atoms with Gasteiger partial charge in [0.1, 0.15) is 5.60 Å². The number of halogens is 1. The van der Waals surface area contributed by atoms with Crippen LogP contribution in [0.2, 0.25) is 5.28 Å². The molecule has 0 bridgehead atoms. The van der Waals surface area contributed by atoms with E-state index in [1.54, 1.807) is 6.20 Å². The van der Waals surface area contributed by atoms with Gasteiger partial charge in [-0.3, -0.25) is 0 Å². The first kappa shape index (κ1) is 20.0. The highest BCUT2D eigenvalue weighted by atomic mass is 35.5. The molecular formula is C19H25ClN4O2. The van der Waals surface area contributed by atoms with Gasteiger partial charge in [-0.2, -0.15) is 0 Å². The van der Waals surface area contributed by atoms with Crippen LogP contribution in [0, 0.1) is 6.92 Å². The summed E-state index contributed by atoms with van der Waals surface area (Å²) in [4.78, 5) is 19.9. The molecule has 6 nitrogen and oxygen atoms in total. The summed E-state index contributed by atoms with van der Waals surface area (Å²) in [6, 6.07) is 7.73. The zero-order chi connectivity index (χ0) is 19.3. The van der Waals surface area contributed by atoms with Gasteiger partial charge in [0.05, 0.1) is 5.69 Å². The molecule has 0 aliphatic heterocycles. The summed E-state index contributed by atoms with van der Waals surface area (Å²) in [5.74, 6) is 0. The number of aryl methyl sites for hydroxylation is 1. The van der Waals surface area contributed by atoms with Crippen LogP contribution in [-0.4, -0.2) is 34.2 Å². The van der Waals surface area contributed by atoms with Gasteiger partial charge in [-0.25, -0.2) is 14.8 Å². The largest absolute Gasteiger partial charge is 0.444 e. The Bertz CT molecular complexity index is 774. The van der Waals surface area contributed by atoms with Crippen LogP contribution in [-0.2, 0) is 4.74 Å². The highest BCUT2D eigenvalue weighted by molar-refractivity contribution is 6.28. The predicted molar refractivity (Wildman–Crippen MR) is 105 cm³/mol. The number of nitrogens with one attached hydrogen (secondary N) is 2. The maximum atomic E-state index is 11.8. The number of hydrogen-bond acceptors (Lipinski definition) is 5. The first-order chi connectivity index (χ1) is 12.1. The first-order valence-corrected chi connectivity index (χ1v) is 8.85. The molecule has 2 aromatic rings. The van der Waals surface area contributed by atoms with Crippen molar-refractivity contribution in [1.82, 2.24) is 15.3 Å². The summed E-state index contributed by atoms with van der Waals surface area (Å²) >= 11 is 5.85. The van der Waals surface area contributed by atoms with Crippen LogP contribution in [0.5, 0.6) is 0 Å². The van der Waals surface area contributed by atoms with Gasteiger partial charge in [0.15, 0.2) is 0 Å². The Morgan fingerprint density at radius 2 is 2.04 bits per heavy atom. The summed E-state index contributed by atoms with van der Waals surface area (Å²) in [7, 11) is 0. The van der Waals surface area contributed by atoms with Gasteiger partial charge >= 0.3 is 6.09 Å². The SMILES string of the molecule is Cc1cc(-c2ccnc(Cl)n2)ccc1NCC(C)NC(=O)OC(C)(C)C. The normalized spacial score (nSPS) is 12.4. The Kier molecular flexibility index (Phi) is 6.42. The van der Waals surface area contributed by atoms with Crippen molar-refractivity contribution in [3.8, 4) is 11.3 Å². The van der Waals surface area contributed by atoms with Gasteiger partial charge in [-0.05, 0) is 70.0 Å². The van der Waals surface area contributed by atoms with Crippen molar-refractivity contribution in [2.24, 2.45) is 0 Å². The second-order valence-corrected chi connectivity index (χ2v) is 7.51. The quantitative estimate of drug-likeness (QED) is 0.755. The molecule has 0 saturated carbocycles. The van der Waals surface area contributed by atoms with Crippen LogP contribution >= 0.6 is 11.6 Å². The van der Waals surface area contributed by atoms with Crippen LogP contribution in [0.4, 0.5) is 10.5 Å². The fraction of sp³-hybridized carbons (Fsp3) is 0.421. The number of rotatable bonds is 5. The van der Waals surface area contributed by atoms with E-state index < -0.39 is 11.7 Å². The van der Waals surface area contributed by atoms with Crippen molar-refractivity contribution in [2.75, 3.05) is 11.9 Å². The van der Waals surface area contributed by atoms with Gasteiger partial charge in [-0.15, -0.1) is 0 Å². The summed E-state index contributed by atoms with van der Waals surface area (Å²) in [6.45, 7) is 10.0. The standard InChI is InChI=1S/C19H25ClN4O2/c1-12-10-14(16-8-9-21-17(20)24-16)6-7-15(12)22-11-13(2)23-18(25)26-19(3,4)5/h6-10,13,22H,11H2,1-5H3,(H,23,25). The van der Waals surface area contributed by atoms with Gasteiger partial charge in [0.2, 0.25) is 5.28 Å². The minimum absolute atomic E-state index is 0.0791. The molecule has 2 rings (SSSR count). The number of alkyl carbamates (subject to hydrolysis) is 1. The molecule has 1 amide bonds. The van der Waals surface area contributed by atoms with E-state index in [0.717, 1.165) is 22.5 Å². The highest BCUT2D eigenvalue weighted by Crippen LogP contribution is 2.24. The third-order valence-electron chi connectivity index (χ3n) is 3.51. The number of carbonyl (C=O) groups is 1. The molecule has 0 fully saturated rings. The van der Waals surface area contributed by atoms with E-state index in [-0.39, 0.29) is 11.3 Å². The third kappa shape index (κ3) is 6.19. The summed E-state index contributed by atoms with van der Waals surface area (Å²) in [6.07, 6.45) is 1.22. The predicted octanol–water partition coefficient (Wildman–Crippen LogP) is 4.43. The van der Waals surface area contributed by atoms with Crippen LogP contribution in [0.25, 0.3) is 11.3 Å². The molecule has 1 aromatic heterocycles. The molecule has 7 heteroatoms. The molecule has 0 radical (unpaired) electrons. The van der Waals surface area contributed by atoms with Crippen molar-refractivity contribution in [2.45, 2.75) is 46.3 Å². The number of carbonyl (C=O) groups excluding carboxylic acids is 1. The summed E-state index contributed by atoms with van der Waals surface area (Å²) < 4.78 is 5.26. The van der Waals surface area contributed by atoms with Crippen molar-refractivity contribution in [3.05, 3.63) is 41.3 Å². The number of amides is 1. The lowest BCUT2D eigenvalue weighted by atomic mass is 10.1. The van der Waals surface area contributed by atoms with Gasteiger partial charge in [0.25, 0.3) is 0 Å². The molecule has 1 heterocycles. The molecule has 0 aliphatic rings. The molecule has 1 unspecified atom stereocenters. The van der Waals surface area contributed by atoms with E-state index >= 15 is 0 Å². The average molecular weight is 377 g/mol. The lowest BCUT2D eigenvalue weighted by Gasteiger charge is -2.22. The van der Waals surface area contributed by atoms with Crippen molar-refractivity contribution >= 4 is 23.4 Å². The molecule has 1 atom stereocenters. The zero-order valence-corrected chi connectivity index (χ0v) is 16.5. The zero-order valence-electron chi connectivity index (χ0n) is 15.8. The van der Waals surface area contributed by atoms with Crippen LogP contribution in [0.1, 0.15) is 33.3 Å². The summed E-state index contributed by atoms with van der Waals surface area (Å²) in [5.41, 5.74) is 3.30. The molecule has 0 spiro atoms. The number of hydrogen-bond donors (Lipinski definition) is 2. The molecular weight excluding hydrogens is 352 g/mol. The van der Waals surface area contributed by atoms with Crippen LogP contribution < -0.4 is 10.6 Å². The topological polar surface area (TPSA) is 76.1 Å². The van der Waals surface area contributed by atoms with Crippen LogP contribution in [0.15, 0.2) is 30.5 Å². The third-order valence-corrected chi connectivity index (χ3v) is 3.69. The fourth-order valence-electron chi connectivity index (χ4n) is 2.34. The smallest absolute Gasteiger partial charge is 0.407 e. The first-order valence-electron chi connectivity index (χ1n) is 8.47. The Morgan fingerprint density at radius 1 is 1.31 bits per heavy atom. The number of aromatic nitrogens is 2. The van der Waals surface area contributed by atoms with E-state index in [2.05, 4.69) is 20.6 Å².